The summed E-state index contributed by atoms with van der Waals surface area (Å²) in [6, 6.07) is 0.564. The van der Waals surface area contributed by atoms with Crippen LogP contribution < -0.4 is 4.90 Å². The number of fused-ring (bicyclic) bond motifs is 9. The van der Waals surface area contributed by atoms with Crippen LogP contribution in [0.25, 0.3) is 98.0 Å². The minimum atomic E-state index is -0.998. The average molecular weight is 800 g/mol. The van der Waals surface area contributed by atoms with Crippen molar-refractivity contribution in [3.05, 3.63) is 236 Å². The van der Waals surface area contributed by atoms with E-state index in [1.807, 2.05) is 54.6 Å². The summed E-state index contributed by atoms with van der Waals surface area (Å²) in [4.78, 5) is 0.938. The molecule has 284 valence electrons. The summed E-state index contributed by atoms with van der Waals surface area (Å²) >= 11 is 0. The molecule has 0 saturated carbocycles. The second-order valence-electron chi connectivity index (χ2n) is 14.0. The maximum atomic E-state index is 9.95. The Kier molecular flexibility index (Phi) is 4.17. The van der Waals surface area contributed by atoms with E-state index in [2.05, 4.69) is 0 Å². The van der Waals surface area contributed by atoms with Gasteiger partial charge in [0, 0.05) is 17.1 Å². The molecule has 0 aromatic heterocycles. The van der Waals surface area contributed by atoms with Crippen molar-refractivity contribution in [3.63, 3.8) is 0 Å². The normalized spacial score (nSPS) is 17.6. The standard InChI is InChI=1S/C60H39N/c1-4-19-49-43(14-1)37-58(55-25-10-7-22-52(49)55)40-28-32-46(33-29-40)61(47-34-30-41(31-35-47)59-38-44-15-2-5-20-50(44)53-23-8-11-26-56(53)59)48-18-13-17-42(36-48)60-39-45-16-3-6-21-51(45)54-24-9-12-27-57(54)60/h1-39H/i1D,2D,4D,5D,7D,8D,10D,11D,14D,15D,19D,20D,22D,23D,25D,26D,28D,29D,30D,31D,32D,33D,34D,35D,37D,38D. The summed E-state index contributed by atoms with van der Waals surface area (Å²) in [6.07, 6.45) is 0. The van der Waals surface area contributed by atoms with Crippen molar-refractivity contribution in [2.75, 3.05) is 4.90 Å². The number of hydrogen-bond acceptors (Lipinski definition) is 1. The molecule has 12 aromatic rings. The van der Waals surface area contributed by atoms with Crippen LogP contribution in [-0.4, -0.2) is 0 Å². The van der Waals surface area contributed by atoms with Crippen LogP contribution in [0.2, 0.25) is 0 Å². The highest BCUT2D eigenvalue weighted by Crippen LogP contribution is 2.43. The summed E-state index contributed by atoms with van der Waals surface area (Å²) in [5.74, 6) is 0. The van der Waals surface area contributed by atoms with Crippen molar-refractivity contribution in [2.45, 2.75) is 0 Å². The number of anilines is 3. The second-order valence-corrected chi connectivity index (χ2v) is 14.0. The highest BCUT2D eigenvalue weighted by molar-refractivity contribution is 6.16. The van der Waals surface area contributed by atoms with Gasteiger partial charge in [-0.25, -0.2) is 0 Å². The van der Waals surface area contributed by atoms with Gasteiger partial charge in [0.2, 0.25) is 0 Å². The third kappa shape index (κ3) is 5.93. The Morgan fingerprint density at radius 1 is 0.279 bits per heavy atom. The molecule has 0 spiro atoms. The molecule has 0 saturated heterocycles. The molecule has 0 atom stereocenters. The average Bonchev–Trinajstić information content (AvgIpc) is 0.932. The van der Waals surface area contributed by atoms with Crippen LogP contribution in [0.1, 0.15) is 35.6 Å². The summed E-state index contributed by atoms with van der Waals surface area (Å²) in [5.41, 5.74) is -3.35. The number of rotatable bonds is 6. The van der Waals surface area contributed by atoms with Crippen molar-refractivity contribution in [1.29, 1.82) is 0 Å². The van der Waals surface area contributed by atoms with Gasteiger partial charge in [0.15, 0.2) is 0 Å². The van der Waals surface area contributed by atoms with Gasteiger partial charge in [-0.05, 0) is 152 Å². The molecule has 0 radical (unpaired) electrons. The van der Waals surface area contributed by atoms with E-state index < -0.39 is 234 Å². The monoisotopic (exact) mass is 799 g/mol. The lowest BCUT2D eigenvalue weighted by Gasteiger charge is -2.27. The smallest absolute Gasteiger partial charge is 0.0645 e. The van der Waals surface area contributed by atoms with Gasteiger partial charge in [-0.2, -0.15) is 0 Å². The first kappa shape index (κ1) is 17.7. The van der Waals surface area contributed by atoms with Crippen LogP contribution in [0.5, 0.6) is 0 Å². The number of hydrogen-bond donors (Lipinski definition) is 0. The lowest BCUT2D eigenvalue weighted by atomic mass is 9.92. The molecular formula is C60H39N. The molecule has 0 aliphatic rings. The Morgan fingerprint density at radius 2 is 0.754 bits per heavy atom. The predicted octanol–water partition coefficient (Wildman–Crippen LogP) is 17.1. The molecule has 0 unspecified atom stereocenters. The molecule has 0 heterocycles. The van der Waals surface area contributed by atoms with Gasteiger partial charge in [-0.1, -0.05) is 182 Å². The van der Waals surface area contributed by atoms with Crippen molar-refractivity contribution in [1.82, 2.24) is 0 Å². The third-order valence-electron chi connectivity index (χ3n) is 10.6. The molecule has 12 aromatic carbocycles. The lowest BCUT2D eigenvalue weighted by molar-refractivity contribution is 1.28. The summed E-state index contributed by atoms with van der Waals surface area (Å²) < 4.78 is 239. The molecule has 1 heteroatoms. The zero-order valence-electron chi connectivity index (χ0n) is 57.5. The fraction of sp³-hybridized carbons (Fsp3) is 0. The van der Waals surface area contributed by atoms with Crippen molar-refractivity contribution in [3.8, 4) is 33.4 Å². The fourth-order valence-electron chi connectivity index (χ4n) is 7.87. The summed E-state index contributed by atoms with van der Waals surface area (Å²) in [5, 5.41) is -0.895. The third-order valence-corrected chi connectivity index (χ3v) is 10.6. The van der Waals surface area contributed by atoms with Gasteiger partial charge in [0.05, 0.1) is 35.6 Å². The van der Waals surface area contributed by atoms with Crippen LogP contribution in [0.15, 0.2) is 236 Å². The first-order chi connectivity index (χ1) is 41.1. The summed E-state index contributed by atoms with van der Waals surface area (Å²) in [7, 11) is 0. The molecule has 0 aliphatic carbocycles. The van der Waals surface area contributed by atoms with Crippen molar-refractivity contribution < 1.29 is 35.6 Å². The van der Waals surface area contributed by atoms with E-state index in [-0.39, 0.29) is 5.69 Å². The largest absolute Gasteiger partial charge is 0.310 e. The van der Waals surface area contributed by atoms with Gasteiger partial charge < -0.3 is 4.90 Å². The highest BCUT2D eigenvalue weighted by atomic mass is 15.1. The Labute approximate surface area is 391 Å². The highest BCUT2D eigenvalue weighted by Gasteiger charge is 2.17. The van der Waals surface area contributed by atoms with E-state index in [1.54, 1.807) is 18.2 Å². The van der Waals surface area contributed by atoms with Gasteiger partial charge in [-0.3, -0.25) is 0 Å². The first-order valence-corrected chi connectivity index (χ1v) is 19.0. The van der Waals surface area contributed by atoms with Crippen molar-refractivity contribution in [2.24, 2.45) is 0 Å². The molecular weight excluding hydrogens is 735 g/mol. The molecule has 0 fully saturated rings. The van der Waals surface area contributed by atoms with Crippen LogP contribution >= 0.6 is 0 Å². The molecule has 12 rings (SSSR count). The Morgan fingerprint density at radius 3 is 1.33 bits per heavy atom. The Balaban J connectivity index is 1.22. The Bertz CT molecular complexity index is 4900. The van der Waals surface area contributed by atoms with Gasteiger partial charge in [0.1, 0.15) is 0 Å². The molecule has 0 aliphatic heterocycles. The van der Waals surface area contributed by atoms with Gasteiger partial charge >= 0.3 is 0 Å². The van der Waals surface area contributed by atoms with Gasteiger partial charge in [0.25, 0.3) is 0 Å². The van der Waals surface area contributed by atoms with E-state index in [9.17, 15) is 16.4 Å². The SMILES string of the molecule is [2H]c1c([2H])c(N(c2cccc(-c3cc4ccccc4c4ccccc34)c2)c2c([2H])c([2H])c(-c3c([2H])c4c([2H])c([2H])c([2H])c([2H])c4c4c([2H])c([2H])c([2H])c([2H])c34)c([2H])c2[2H])c([2H])c([2H])c1-c1c([2H])c2c([2H])c([2H])c([2H])c([2H])c2c2c([2H])c([2H])c([2H])c([2H])c12. The zero-order valence-corrected chi connectivity index (χ0v) is 31.5. The Hall–Kier alpha value is -8.00. The van der Waals surface area contributed by atoms with Crippen LogP contribution in [0.4, 0.5) is 17.1 Å². The zero-order chi connectivity index (χ0) is 62.9. The second kappa shape index (κ2) is 14.4. The molecule has 0 bridgehead atoms. The molecule has 0 N–H and O–H groups in total. The van der Waals surface area contributed by atoms with E-state index in [0.29, 0.717) is 11.1 Å². The fourth-order valence-corrected chi connectivity index (χ4v) is 7.87. The summed E-state index contributed by atoms with van der Waals surface area (Å²) in [6.45, 7) is 0. The van der Waals surface area contributed by atoms with E-state index >= 15 is 0 Å². The molecule has 1 nitrogen and oxygen atoms in total. The minimum absolute atomic E-state index is 0.100. The quantitative estimate of drug-likeness (QED) is 0.151. The minimum Gasteiger partial charge on any atom is -0.310 e. The number of nitrogens with zero attached hydrogens (tertiary/aromatic N) is 1. The van der Waals surface area contributed by atoms with Crippen LogP contribution in [0, 0.1) is 0 Å². The lowest BCUT2D eigenvalue weighted by Crippen LogP contribution is -2.10. The number of benzene rings is 12. The van der Waals surface area contributed by atoms with Gasteiger partial charge in [-0.15, -0.1) is 0 Å². The predicted molar refractivity (Wildman–Crippen MR) is 262 cm³/mol. The van der Waals surface area contributed by atoms with Crippen molar-refractivity contribution >= 4 is 81.7 Å². The van der Waals surface area contributed by atoms with Crippen LogP contribution in [0.3, 0.4) is 0 Å². The van der Waals surface area contributed by atoms with E-state index in [0.717, 1.165) is 26.4 Å². The van der Waals surface area contributed by atoms with E-state index in [4.69, 9.17) is 19.2 Å². The topological polar surface area (TPSA) is 3.24 Å². The maximum Gasteiger partial charge on any atom is 0.0645 e. The first-order valence-electron chi connectivity index (χ1n) is 32.0. The molecule has 0 amide bonds. The van der Waals surface area contributed by atoms with E-state index in [1.165, 1.54) is 6.07 Å². The molecule has 61 heavy (non-hydrogen) atoms. The maximum absolute atomic E-state index is 9.95. The van der Waals surface area contributed by atoms with Crippen LogP contribution in [-0.2, 0) is 0 Å².